The van der Waals surface area contributed by atoms with Crippen LogP contribution in [0.4, 0.5) is 17.1 Å². The number of hydrogen-bond acceptors (Lipinski definition) is 14. The lowest BCUT2D eigenvalue weighted by Gasteiger charge is -2.56. The van der Waals surface area contributed by atoms with Gasteiger partial charge >= 0.3 is 0 Å². The van der Waals surface area contributed by atoms with Crippen molar-refractivity contribution >= 4 is 44.0 Å². The van der Waals surface area contributed by atoms with E-state index in [1.54, 1.807) is 24.4 Å². The number of aromatic amines is 1. The lowest BCUT2D eigenvalue weighted by molar-refractivity contribution is -0.384. The summed E-state index contributed by atoms with van der Waals surface area (Å²) in [4.78, 5) is 41.0. The van der Waals surface area contributed by atoms with Gasteiger partial charge < -0.3 is 34.5 Å². The molecule has 6 aliphatic rings. The molecule has 3 saturated heterocycles. The Morgan fingerprint density at radius 1 is 0.986 bits per heavy atom. The Labute approximate surface area is 427 Å². The number of piperidine rings is 1. The van der Waals surface area contributed by atoms with Crippen molar-refractivity contribution in [3.8, 4) is 23.1 Å². The maximum atomic E-state index is 14.5. The number of benzene rings is 3. The third-order valence-corrected chi connectivity index (χ3v) is 18.5. The first-order valence-corrected chi connectivity index (χ1v) is 27.7. The van der Waals surface area contributed by atoms with Gasteiger partial charge in [-0.05, 0) is 150 Å². The molecule has 11 rings (SSSR count). The van der Waals surface area contributed by atoms with E-state index in [4.69, 9.17) is 19.2 Å². The number of pyridine rings is 1. The van der Waals surface area contributed by atoms with E-state index in [9.17, 15) is 28.4 Å². The maximum Gasteiger partial charge on any atom is 0.297 e. The number of H-pyrrole nitrogens is 1. The summed E-state index contributed by atoms with van der Waals surface area (Å²) in [5.41, 5.74) is 3.40. The van der Waals surface area contributed by atoms with Gasteiger partial charge in [-0.25, -0.2) is 13.1 Å². The zero-order valence-corrected chi connectivity index (χ0v) is 43.1. The summed E-state index contributed by atoms with van der Waals surface area (Å²) in [7, 11) is -2.68. The van der Waals surface area contributed by atoms with E-state index in [0.29, 0.717) is 55.9 Å². The maximum absolute atomic E-state index is 14.5. The predicted octanol–water partition coefficient (Wildman–Crippen LogP) is 9.29. The van der Waals surface area contributed by atoms with Crippen LogP contribution in [0.1, 0.15) is 125 Å². The van der Waals surface area contributed by atoms with Crippen LogP contribution in [0.15, 0.2) is 77.8 Å². The monoisotopic (exact) mass is 1020 g/mol. The molecule has 73 heavy (non-hydrogen) atoms. The Balaban J connectivity index is 0.841. The quantitative estimate of drug-likeness (QED) is 0.0605. The number of anilines is 2. The number of aliphatic hydroxyl groups is 1. The van der Waals surface area contributed by atoms with Crippen LogP contribution in [0.3, 0.4) is 0 Å². The van der Waals surface area contributed by atoms with Crippen LogP contribution >= 0.6 is 0 Å². The lowest BCUT2D eigenvalue weighted by atomic mass is 9.59. The van der Waals surface area contributed by atoms with Gasteiger partial charge in [-0.15, -0.1) is 0 Å². The molecule has 0 radical (unpaired) electrons. The van der Waals surface area contributed by atoms with Crippen LogP contribution in [-0.4, -0.2) is 114 Å². The Hall–Kier alpha value is -5.95. The SMILES string of the molecule is CC(C)c1ccccc1[C@@H]1CCCN1C1CC2(CCN(c3ccc(C(=O)NS(=O)(=O)c4cc5c(c([N+](=O)[O-])c4)N[C@@H]([C@H]4CC[C@](C)(O)CC4)CO5)c(Oc4cc5cc[nH]c5nc4OC[C@H]4CCN4C)c3)CC2)C1. The number of aromatic nitrogens is 2. The van der Waals surface area contributed by atoms with Crippen molar-refractivity contribution in [3.63, 3.8) is 0 Å². The zero-order chi connectivity index (χ0) is 50.8. The minimum Gasteiger partial charge on any atom is -0.489 e. The van der Waals surface area contributed by atoms with Crippen LogP contribution in [0.2, 0.25) is 0 Å². The number of nitrogens with one attached hydrogen (secondary N) is 3. The van der Waals surface area contributed by atoms with Gasteiger partial charge in [0.25, 0.3) is 27.5 Å². The molecule has 5 aromatic rings. The normalized spacial score (nSPS) is 25.4. The average molecular weight is 1020 g/mol. The smallest absolute Gasteiger partial charge is 0.297 e. The fourth-order valence-electron chi connectivity index (χ4n) is 12.6. The molecule has 3 atom stereocenters. The molecular weight excluding hydrogens is 949 g/mol. The molecule has 17 nitrogen and oxygen atoms in total. The molecule has 2 aliphatic carbocycles. The average Bonchev–Trinajstić information content (AvgIpc) is 4.04. The number of nitro groups is 1. The standard InChI is InChI=1S/C55H68N8O9S/c1-34(2)41-8-5-6-9-42(41)45-10-7-22-62(45)39-30-55(31-39)19-24-61(25-20-55)37-11-12-43(47(27-37)72-49-26-36-15-21-56-51(36)58-53(49)71-32-38-16-23-60(38)4)52(64)59-73(68,69)40-28-46(63(66)67)50-48(29-40)70-33-44(57-50)35-13-17-54(3,65)18-14-35/h5-6,8-9,11-12,15,21,26-29,34-35,38-39,44-45,57,65H,7,10,13-14,16-20,22-25,30-33H2,1-4H3,(H,56,58)(H,59,64)/t35-,38-,44-,45+,54-/m1/s1. The molecular formula is C55H68N8O9S. The zero-order valence-electron chi connectivity index (χ0n) is 42.3. The first kappa shape index (κ1) is 49.3. The van der Waals surface area contributed by atoms with Crippen LogP contribution in [0, 0.1) is 21.4 Å². The second-order valence-corrected chi connectivity index (χ2v) is 24.0. The fraction of sp³-hybridized carbons (Fsp3) is 0.527. The summed E-state index contributed by atoms with van der Waals surface area (Å²) < 4.78 is 49.6. The van der Waals surface area contributed by atoms with Gasteiger partial charge in [-0.2, -0.15) is 4.98 Å². The van der Waals surface area contributed by atoms with E-state index in [1.807, 2.05) is 26.1 Å². The van der Waals surface area contributed by atoms with Crippen molar-refractivity contribution in [2.24, 2.45) is 11.3 Å². The van der Waals surface area contributed by atoms with Crippen LogP contribution < -0.4 is 29.1 Å². The number of likely N-dealkylation sites (tertiary alicyclic amines) is 2. The van der Waals surface area contributed by atoms with E-state index in [0.717, 1.165) is 62.6 Å². The molecule has 388 valence electrons. The molecule has 0 bridgehead atoms. The first-order valence-electron chi connectivity index (χ1n) is 26.3. The molecule has 3 aromatic carbocycles. The topological polar surface area (TPSA) is 205 Å². The summed E-state index contributed by atoms with van der Waals surface area (Å²) in [6.07, 6.45) is 12.2. The molecule has 4 aliphatic heterocycles. The number of likely N-dealkylation sites (N-methyl/N-ethyl adjacent to an activating group) is 1. The largest absolute Gasteiger partial charge is 0.489 e. The second-order valence-electron chi connectivity index (χ2n) is 22.4. The van der Waals surface area contributed by atoms with E-state index in [2.05, 4.69) is 67.8 Å². The molecule has 1 spiro atoms. The number of fused-ring (bicyclic) bond motifs is 2. The third kappa shape index (κ3) is 9.83. The van der Waals surface area contributed by atoms with Crippen molar-refractivity contribution in [1.82, 2.24) is 24.5 Å². The van der Waals surface area contributed by atoms with Crippen molar-refractivity contribution in [3.05, 3.63) is 99.7 Å². The number of ether oxygens (including phenoxy) is 3. The van der Waals surface area contributed by atoms with Gasteiger partial charge in [0.15, 0.2) is 17.2 Å². The lowest BCUT2D eigenvalue weighted by Crippen LogP contribution is -2.54. The number of sulfonamides is 1. The fourth-order valence-corrected chi connectivity index (χ4v) is 13.6. The minimum absolute atomic E-state index is 0.00360. The van der Waals surface area contributed by atoms with Crippen molar-refractivity contribution in [2.75, 3.05) is 56.7 Å². The highest BCUT2D eigenvalue weighted by atomic mass is 32.2. The number of amides is 1. The van der Waals surface area contributed by atoms with Crippen molar-refractivity contribution < 1.29 is 37.5 Å². The van der Waals surface area contributed by atoms with Crippen LogP contribution in [-0.2, 0) is 10.0 Å². The third-order valence-electron chi connectivity index (χ3n) is 17.2. The minimum atomic E-state index is -4.71. The summed E-state index contributed by atoms with van der Waals surface area (Å²) in [5.74, 6) is 0.157. The van der Waals surface area contributed by atoms with E-state index in [1.165, 1.54) is 42.9 Å². The number of hydrogen-bond donors (Lipinski definition) is 4. The van der Waals surface area contributed by atoms with E-state index in [-0.39, 0.29) is 64.4 Å². The Bertz CT molecular complexity index is 3010. The highest BCUT2D eigenvalue weighted by molar-refractivity contribution is 7.90. The van der Waals surface area contributed by atoms with Gasteiger partial charge in [-0.1, -0.05) is 38.1 Å². The van der Waals surface area contributed by atoms with Crippen LogP contribution in [0.25, 0.3) is 11.0 Å². The Morgan fingerprint density at radius 2 is 1.77 bits per heavy atom. The molecule has 0 unspecified atom stereocenters. The van der Waals surface area contributed by atoms with Gasteiger partial charge in [0.1, 0.15) is 24.6 Å². The molecule has 2 aromatic heterocycles. The summed E-state index contributed by atoms with van der Waals surface area (Å²) in [5, 5.41) is 27.0. The number of carbonyl (C=O) groups excluding carboxylic acids is 1. The van der Waals surface area contributed by atoms with E-state index < -0.39 is 37.0 Å². The van der Waals surface area contributed by atoms with Crippen molar-refractivity contribution in [2.45, 2.75) is 132 Å². The molecule has 5 fully saturated rings. The number of nitrogens with zero attached hydrogens (tertiary/aromatic N) is 5. The highest BCUT2D eigenvalue weighted by Gasteiger charge is 2.50. The predicted molar refractivity (Wildman–Crippen MR) is 278 cm³/mol. The van der Waals surface area contributed by atoms with Gasteiger partial charge in [0.05, 0.1) is 27.0 Å². The number of carbonyl (C=O) groups is 1. The molecule has 1 amide bonds. The van der Waals surface area contributed by atoms with Gasteiger partial charge in [0, 0.05) is 66.7 Å². The number of nitro benzene ring substituents is 1. The Morgan fingerprint density at radius 3 is 2.49 bits per heavy atom. The first-order chi connectivity index (χ1) is 35.0. The van der Waals surface area contributed by atoms with Gasteiger partial charge in [0.2, 0.25) is 0 Å². The molecule has 4 N–H and O–H groups in total. The molecule has 18 heteroatoms. The summed E-state index contributed by atoms with van der Waals surface area (Å²) in [6.45, 7) is 10.6. The van der Waals surface area contributed by atoms with Gasteiger partial charge in [-0.3, -0.25) is 24.7 Å². The second kappa shape index (κ2) is 19.4. The summed E-state index contributed by atoms with van der Waals surface area (Å²) in [6, 6.07) is 20.9. The summed E-state index contributed by atoms with van der Waals surface area (Å²) >= 11 is 0. The Kier molecular flexibility index (Phi) is 13.1. The molecule has 2 saturated carbocycles. The highest BCUT2D eigenvalue weighted by Crippen LogP contribution is 2.55. The van der Waals surface area contributed by atoms with Crippen LogP contribution in [0.5, 0.6) is 23.1 Å². The number of rotatable bonds is 14. The van der Waals surface area contributed by atoms with E-state index >= 15 is 0 Å². The molecule has 6 heterocycles. The van der Waals surface area contributed by atoms with Crippen molar-refractivity contribution in [1.29, 1.82) is 0 Å².